The van der Waals surface area contributed by atoms with Crippen molar-refractivity contribution in [2.24, 2.45) is 0 Å². The van der Waals surface area contributed by atoms with Crippen LogP contribution in [-0.4, -0.2) is 37.2 Å². The number of halogens is 1. The predicted octanol–water partition coefficient (Wildman–Crippen LogP) is 1.69. The van der Waals surface area contributed by atoms with Gasteiger partial charge in [0, 0.05) is 10.7 Å². The fraction of sp³-hybridized carbons (Fsp3) is 0.500. The monoisotopic (exact) mass is 289 g/mol. The lowest BCUT2D eigenvalue weighted by atomic mass is 9.96. The smallest absolute Gasteiger partial charge is 0.152 e. The van der Waals surface area contributed by atoms with Crippen molar-refractivity contribution in [3.8, 4) is 0 Å². The van der Waals surface area contributed by atoms with Crippen molar-refractivity contribution < 1.29 is 13.5 Å². The third-order valence-corrected chi connectivity index (χ3v) is 5.32. The molecule has 1 atom stereocenters. The highest BCUT2D eigenvalue weighted by Crippen LogP contribution is 2.27. The Morgan fingerprint density at radius 1 is 1.33 bits per heavy atom. The third-order valence-electron chi connectivity index (χ3n) is 3.16. The van der Waals surface area contributed by atoms with Crippen LogP contribution in [-0.2, 0) is 9.84 Å². The number of aliphatic hydroxyl groups excluding tert-OH is 1. The van der Waals surface area contributed by atoms with Gasteiger partial charge in [-0.25, -0.2) is 8.42 Å². The molecule has 0 aromatic heterocycles. The zero-order valence-electron chi connectivity index (χ0n) is 9.89. The molecule has 100 valence electrons. The lowest BCUT2D eigenvalue weighted by Crippen LogP contribution is -2.51. The minimum absolute atomic E-state index is 0.0286. The zero-order valence-corrected chi connectivity index (χ0v) is 11.5. The van der Waals surface area contributed by atoms with E-state index >= 15 is 0 Å². The average Bonchev–Trinajstić information content (AvgIpc) is 2.31. The molecule has 0 saturated carbocycles. The van der Waals surface area contributed by atoms with Gasteiger partial charge in [0.1, 0.15) is 0 Å². The Morgan fingerprint density at radius 3 is 2.56 bits per heavy atom. The maximum absolute atomic E-state index is 11.7. The lowest BCUT2D eigenvalue weighted by molar-refractivity contribution is 0.212. The van der Waals surface area contributed by atoms with Crippen molar-refractivity contribution in [3.05, 3.63) is 29.3 Å². The Balaban J connectivity index is 2.20. The maximum Gasteiger partial charge on any atom is 0.152 e. The van der Waals surface area contributed by atoms with Gasteiger partial charge in [-0.15, -0.1) is 0 Å². The van der Waals surface area contributed by atoms with E-state index in [9.17, 15) is 13.5 Å². The van der Waals surface area contributed by atoms with E-state index in [0.29, 0.717) is 17.9 Å². The summed E-state index contributed by atoms with van der Waals surface area (Å²) < 4.78 is 23.4. The Hall–Kier alpha value is -0.780. The minimum atomic E-state index is -3.08. The fourth-order valence-corrected chi connectivity index (χ4v) is 4.30. The quantitative estimate of drug-likeness (QED) is 0.889. The Morgan fingerprint density at radius 2 is 2.00 bits per heavy atom. The van der Waals surface area contributed by atoms with Crippen LogP contribution in [0.3, 0.4) is 0 Å². The number of rotatable bonds is 3. The predicted molar refractivity (Wildman–Crippen MR) is 72.8 cm³/mol. The van der Waals surface area contributed by atoms with Gasteiger partial charge in [-0.3, -0.25) is 0 Å². The molecule has 1 heterocycles. The van der Waals surface area contributed by atoms with Gasteiger partial charge in [-0.05, 0) is 37.1 Å². The van der Waals surface area contributed by atoms with Gasteiger partial charge >= 0.3 is 0 Å². The molecule has 0 radical (unpaired) electrons. The van der Waals surface area contributed by atoms with Crippen LogP contribution in [0.25, 0.3) is 0 Å². The van der Waals surface area contributed by atoms with E-state index in [1.165, 1.54) is 0 Å². The first-order chi connectivity index (χ1) is 8.45. The van der Waals surface area contributed by atoms with E-state index in [0.717, 1.165) is 5.69 Å². The molecule has 1 aromatic rings. The van der Waals surface area contributed by atoms with Crippen molar-refractivity contribution in [1.29, 1.82) is 0 Å². The summed E-state index contributed by atoms with van der Waals surface area (Å²) in [6, 6.07) is 7.01. The van der Waals surface area contributed by atoms with Crippen LogP contribution in [0, 0.1) is 0 Å². The highest BCUT2D eigenvalue weighted by atomic mass is 35.5. The van der Waals surface area contributed by atoms with Crippen LogP contribution in [0.4, 0.5) is 5.69 Å². The summed E-state index contributed by atoms with van der Waals surface area (Å²) in [5.41, 5.74) is -0.00388. The van der Waals surface area contributed by atoms with Crippen LogP contribution in [0.5, 0.6) is 0 Å². The standard InChI is InChI=1S/C12H16ClNO3S/c13-10-2-4-11(5-3-10)14-12(8-15)6-1-7-18(16,17)9-12/h2-5,14-15H,1,6-9H2. The molecule has 1 saturated heterocycles. The fourth-order valence-electron chi connectivity index (χ4n) is 2.30. The minimum Gasteiger partial charge on any atom is -0.394 e. The topological polar surface area (TPSA) is 66.4 Å². The molecule has 1 aliphatic rings. The summed E-state index contributed by atoms with van der Waals surface area (Å²) in [6.07, 6.45) is 1.22. The van der Waals surface area contributed by atoms with Gasteiger partial charge in [0.25, 0.3) is 0 Å². The molecule has 1 aliphatic heterocycles. The van der Waals surface area contributed by atoms with Crippen molar-refractivity contribution in [1.82, 2.24) is 0 Å². The van der Waals surface area contributed by atoms with E-state index in [1.54, 1.807) is 24.3 Å². The molecule has 4 nitrogen and oxygen atoms in total. The van der Waals surface area contributed by atoms with Crippen LogP contribution < -0.4 is 5.32 Å². The van der Waals surface area contributed by atoms with Crippen LogP contribution in [0.15, 0.2) is 24.3 Å². The van der Waals surface area contributed by atoms with Gasteiger partial charge in [-0.2, -0.15) is 0 Å². The van der Waals surface area contributed by atoms with Gasteiger partial charge in [0.15, 0.2) is 9.84 Å². The maximum atomic E-state index is 11.7. The molecule has 0 aliphatic carbocycles. The zero-order chi connectivity index (χ0) is 13.2. The van der Waals surface area contributed by atoms with E-state index in [4.69, 9.17) is 11.6 Å². The van der Waals surface area contributed by atoms with Crippen molar-refractivity contribution in [2.45, 2.75) is 18.4 Å². The van der Waals surface area contributed by atoms with Gasteiger partial charge in [0.05, 0.1) is 23.7 Å². The molecule has 0 bridgehead atoms. The van der Waals surface area contributed by atoms with Crippen LogP contribution in [0.1, 0.15) is 12.8 Å². The number of aliphatic hydroxyl groups is 1. The van der Waals surface area contributed by atoms with Gasteiger partial charge < -0.3 is 10.4 Å². The molecule has 1 unspecified atom stereocenters. The molecule has 0 amide bonds. The second-order valence-electron chi connectivity index (χ2n) is 4.77. The van der Waals surface area contributed by atoms with Crippen molar-refractivity contribution >= 4 is 27.1 Å². The molecule has 0 spiro atoms. The number of sulfone groups is 1. The van der Waals surface area contributed by atoms with E-state index < -0.39 is 15.4 Å². The van der Waals surface area contributed by atoms with Crippen molar-refractivity contribution in [3.63, 3.8) is 0 Å². The summed E-state index contributed by atoms with van der Waals surface area (Å²) in [6.45, 7) is -0.200. The molecule has 6 heteroatoms. The average molecular weight is 290 g/mol. The van der Waals surface area contributed by atoms with Gasteiger partial charge in [-0.1, -0.05) is 11.6 Å². The number of hydrogen-bond donors (Lipinski definition) is 2. The first kappa shape index (κ1) is 13.6. The first-order valence-corrected chi connectivity index (χ1v) is 8.00. The second kappa shape index (κ2) is 5.07. The summed E-state index contributed by atoms with van der Waals surface area (Å²) in [4.78, 5) is 0. The van der Waals surface area contributed by atoms with Crippen LogP contribution >= 0.6 is 11.6 Å². The lowest BCUT2D eigenvalue weighted by Gasteiger charge is -2.36. The second-order valence-corrected chi connectivity index (χ2v) is 7.39. The number of anilines is 1. The summed E-state index contributed by atoms with van der Waals surface area (Å²) in [5.74, 6) is 0.177. The summed E-state index contributed by atoms with van der Waals surface area (Å²) in [5, 5.41) is 13.3. The molecule has 1 fully saturated rings. The largest absolute Gasteiger partial charge is 0.394 e. The SMILES string of the molecule is O=S1(=O)CCCC(CO)(Nc2ccc(Cl)cc2)C1. The molecular formula is C12H16ClNO3S. The van der Waals surface area contributed by atoms with E-state index in [1.807, 2.05) is 0 Å². The van der Waals surface area contributed by atoms with E-state index in [2.05, 4.69) is 5.32 Å². The molecule has 2 rings (SSSR count). The number of nitrogens with one attached hydrogen (secondary N) is 1. The highest BCUT2D eigenvalue weighted by molar-refractivity contribution is 7.91. The third kappa shape index (κ3) is 3.16. The Bertz CT molecular complexity index is 515. The van der Waals surface area contributed by atoms with Crippen molar-refractivity contribution in [2.75, 3.05) is 23.4 Å². The number of benzene rings is 1. The Kier molecular flexibility index (Phi) is 3.84. The highest BCUT2D eigenvalue weighted by Gasteiger charge is 2.38. The summed E-state index contributed by atoms with van der Waals surface area (Å²) >= 11 is 5.80. The normalized spacial score (nSPS) is 26.8. The van der Waals surface area contributed by atoms with E-state index in [-0.39, 0.29) is 18.1 Å². The Labute approximate surface area is 112 Å². The van der Waals surface area contributed by atoms with Crippen LogP contribution in [0.2, 0.25) is 5.02 Å². The first-order valence-electron chi connectivity index (χ1n) is 5.80. The molecule has 2 N–H and O–H groups in total. The molecular weight excluding hydrogens is 274 g/mol. The molecule has 18 heavy (non-hydrogen) atoms. The number of hydrogen-bond acceptors (Lipinski definition) is 4. The summed E-state index contributed by atoms with van der Waals surface area (Å²) in [7, 11) is -3.08. The molecule has 1 aromatic carbocycles. The van der Waals surface area contributed by atoms with Gasteiger partial charge in [0.2, 0.25) is 0 Å².